The predicted molar refractivity (Wildman–Crippen MR) is 61.3 cm³/mol. The van der Waals surface area contributed by atoms with Crippen molar-refractivity contribution < 1.29 is 4.52 Å². The highest BCUT2D eigenvalue weighted by molar-refractivity contribution is 4.84. The van der Waals surface area contributed by atoms with Crippen molar-refractivity contribution in [2.75, 3.05) is 19.6 Å². The standard InChI is InChI=1S/C11H20N4O/c1-9-14-11(16-15-9)5-8-13-10-3-2-6-12-7-4-10/h10,12-13H,2-8H2,1H3. The average molecular weight is 224 g/mol. The molecule has 1 aliphatic rings. The summed E-state index contributed by atoms with van der Waals surface area (Å²) < 4.78 is 5.06. The quantitative estimate of drug-likeness (QED) is 0.786. The predicted octanol–water partition coefficient (Wildman–Crippen LogP) is 0.652. The minimum Gasteiger partial charge on any atom is -0.339 e. The summed E-state index contributed by atoms with van der Waals surface area (Å²) in [6.07, 6.45) is 4.56. The molecule has 0 aliphatic carbocycles. The second-order valence-electron chi connectivity index (χ2n) is 4.32. The van der Waals surface area contributed by atoms with Crippen LogP contribution in [0.25, 0.3) is 0 Å². The van der Waals surface area contributed by atoms with Gasteiger partial charge in [-0.3, -0.25) is 0 Å². The molecule has 0 aromatic carbocycles. The van der Waals surface area contributed by atoms with Gasteiger partial charge >= 0.3 is 0 Å². The zero-order chi connectivity index (χ0) is 11.2. The number of hydrogen-bond acceptors (Lipinski definition) is 5. The zero-order valence-electron chi connectivity index (χ0n) is 9.83. The second-order valence-corrected chi connectivity index (χ2v) is 4.32. The van der Waals surface area contributed by atoms with Crippen LogP contribution in [0.1, 0.15) is 31.0 Å². The lowest BCUT2D eigenvalue weighted by atomic mass is 10.1. The first-order valence-electron chi connectivity index (χ1n) is 6.08. The minimum absolute atomic E-state index is 0.638. The summed E-state index contributed by atoms with van der Waals surface area (Å²) in [6.45, 7) is 5.04. The first-order chi connectivity index (χ1) is 7.84. The molecule has 1 aliphatic heterocycles. The molecule has 0 saturated carbocycles. The van der Waals surface area contributed by atoms with E-state index in [0.717, 1.165) is 31.9 Å². The molecule has 1 atom stereocenters. The van der Waals surface area contributed by atoms with Gasteiger partial charge in [0.2, 0.25) is 5.89 Å². The highest BCUT2D eigenvalue weighted by atomic mass is 16.5. The lowest BCUT2D eigenvalue weighted by molar-refractivity contribution is 0.366. The summed E-state index contributed by atoms with van der Waals surface area (Å²) >= 11 is 0. The number of aryl methyl sites for hydroxylation is 1. The molecule has 16 heavy (non-hydrogen) atoms. The molecule has 0 bridgehead atoms. The van der Waals surface area contributed by atoms with Gasteiger partial charge in [-0.25, -0.2) is 0 Å². The molecule has 0 radical (unpaired) electrons. The van der Waals surface area contributed by atoms with Crippen LogP contribution in [0.4, 0.5) is 0 Å². The lowest BCUT2D eigenvalue weighted by Crippen LogP contribution is -2.31. The maximum absolute atomic E-state index is 5.06. The van der Waals surface area contributed by atoms with Crippen molar-refractivity contribution in [2.45, 2.75) is 38.6 Å². The van der Waals surface area contributed by atoms with Crippen molar-refractivity contribution in [2.24, 2.45) is 0 Å². The number of hydrogen-bond donors (Lipinski definition) is 2. The molecule has 5 heteroatoms. The van der Waals surface area contributed by atoms with Crippen LogP contribution in [0.15, 0.2) is 4.52 Å². The van der Waals surface area contributed by atoms with Crippen LogP contribution in [-0.4, -0.2) is 35.8 Å². The molecule has 2 rings (SSSR count). The smallest absolute Gasteiger partial charge is 0.227 e. The van der Waals surface area contributed by atoms with Gasteiger partial charge < -0.3 is 15.2 Å². The first-order valence-corrected chi connectivity index (χ1v) is 6.08. The van der Waals surface area contributed by atoms with E-state index in [9.17, 15) is 0 Å². The van der Waals surface area contributed by atoms with Crippen LogP contribution >= 0.6 is 0 Å². The van der Waals surface area contributed by atoms with Gasteiger partial charge in [0.25, 0.3) is 0 Å². The van der Waals surface area contributed by atoms with Crippen molar-refractivity contribution in [1.29, 1.82) is 0 Å². The van der Waals surface area contributed by atoms with E-state index in [0.29, 0.717) is 11.9 Å². The Morgan fingerprint density at radius 3 is 3.19 bits per heavy atom. The molecule has 0 spiro atoms. The summed E-state index contributed by atoms with van der Waals surface area (Å²) in [6, 6.07) is 0.638. The molecule has 5 nitrogen and oxygen atoms in total. The summed E-state index contributed by atoms with van der Waals surface area (Å²) in [5, 5.41) is 10.7. The highest BCUT2D eigenvalue weighted by Gasteiger charge is 2.11. The molecule has 2 N–H and O–H groups in total. The van der Waals surface area contributed by atoms with E-state index in [1.54, 1.807) is 0 Å². The maximum atomic E-state index is 5.06. The average Bonchev–Trinajstić information content (AvgIpc) is 2.54. The van der Waals surface area contributed by atoms with E-state index in [1.807, 2.05) is 6.92 Å². The lowest BCUT2D eigenvalue weighted by Gasteiger charge is -2.14. The number of nitrogens with zero attached hydrogens (tertiary/aromatic N) is 2. The SMILES string of the molecule is Cc1noc(CCNC2CCCNCC2)n1. The summed E-state index contributed by atoms with van der Waals surface area (Å²) in [4.78, 5) is 4.18. The third-order valence-electron chi connectivity index (χ3n) is 2.92. The summed E-state index contributed by atoms with van der Waals surface area (Å²) in [7, 11) is 0. The molecule has 1 unspecified atom stereocenters. The monoisotopic (exact) mass is 224 g/mol. The van der Waals surface area contributed by atoms with E-state index in [-0.39, 0.29) is 0 Å². The second kappa shape index (κ2) is 5.96. The van der Waals surface area contributed by atoms with Crippen molar-refractivity contribution in [3.63, 3.8) is 0 Å². The number of aromatic nitrogens is 2. The Morgan fingerprint density at radius 2 is 2.38 bits per heavy atom. The molecular weight excluding hydrogens is 204 g/mol. The van der Waals surface area contributed by atoms with E-state index < -0.39 is 0 Å². The van der Waals surface area contributed by atoms with Gasteiger partial charge in [0.1, 0.15) is 0 Å². The Balaban J connectivity index is 1.67. The Kier molecular flexibility index (Phi) is 4.30. The Hall–Kier alpha value is -0.940. The Labute approximate surface area is 96.0 Å². The van der Waals surface area contributed by atoms with E-state index in [4.69, 9.17) is 4.52 Å². The third-order valence-corrected chi connectivity index (χ3v) is 2.92. The number of nitrogens with one attached hydrogen (secondary N) is 2. The van der Waals surface area contributed by atoms with Crippen molar-refractivity contribution in [3.8, 4) is 0 Å². The maximum Gasteiger partial charge on any atom is 0.227 e. The molecular formula is C11H20N4O. The first kappa shape index (κ1) is 11.5. The van der Waals surface area contributed by atoms with Gasteiger partial charge in [0.15, 0.2) is 5.82 Å². The van der Waals surface area contributed by atoms with Crippen LogP contribution in [0.2, 0.25) is 0 Å². The summed E-state index contributed by atoms with van der Waals surface area (Å²) in [5.41, 5.74) is 0. The van der Waals surface area contributed by atoms with Crippen LogP contribution < -0.4 is 10.6 Å². The van der Waals surface area contributed by atoms with E-state index in [2.05, 4.69) is 20.8 Å². The third kappa shape index (κ3) is 3.57. The van der Waals surface area contributed by atoms with Crippen molar-refractivity contribution in [1.82, 2.24) is 20.8 Å². The van der Waals surface area contributed by atoms with Crippen LogP contribution in [0.5, 0.6) is 0 Å². The molecule has 1 fully saturated rings. The molecule has 1 saturated heterocycles. The molecule has 2 heterocycles. The van der Waals surface area contributed by atoms with Crippen LogP contribution in [0.3, 0.4) is 0 Å². The summed E-state index contributed by atoms with van der Waals surface area (Å²) in [5.74, 6) is 1.45. The molecule has 90 valence electrons. The Morgan fingerprint density at radius 1 is 1.44 bits per heavy atom. The zero-order valence-corrected chi connectivity index (χ0v) is 9.83. The van der Waals surface area contributed by atoms with Gasteiger partial charge in [0.05, 0.1) is 0 Å². The van der Waals surface area contributed by atoms with Gasteiger partial charge in [-0.15, -0.1) is 0 Å². The van der Waals surface area contributed by atoms with E-state index >= 15 is 0 Å². The van der Waals surface area contributed by atoms with E-state index in [1.165, 1.54) is 19.3 Å². The largest absolute Gasteiger partial charge is 0.339 e. The highest BCUT2D eigenvalue weighted by Crippen LogP contribution is 2.05. The van der Waals surface area contributed by atoms with Gasteiger partial charge in [-0.1, -0.05) is 5.16 Å². The molecule has 1 aromatic rings. The fourth-order valence-corrected chi connectivity index (χ4v) is 2.05. The normalized spacial score (nSPS) is 21.9. The van der Waals surface area contributed by atoms with Crippen molar-refractivity contribution >= 4 is 0 Å². The molecule has 1 aromatic heterocycles. The number of rotatable bonds is 4. The fraction of sp³-hybridized carbons (Fsp3) is 0.818. The topological polar surface area (TPSA) is 63.0 Å². The van der Waals surface area contributed by atoms with Crippen molar-refractivity contribution in [3.05, 3.63) is 11.7 Å². The van der Waals surface area contributed by atoms with Gasteiger partial charge in [0, 0.05) is 19.0 Å². The van der Waals surface area contributed by atoms with Gasteiger partial charge in [-0.05, 0) is 39.3 Å². The fourth-order valence-electron chi connectivity index (χ4n) is 2.05. The van der Waals surface area contributed by atoms with Crippen LogP contribution in [-0.2, 0) is 6.42 Å². The molecule has 0 amide bonds. The van der Waals surface area contributed by atoms with Gasteiger partial charge in [-0.2, -0.15) is 4.98 Å². The van der Waals surface area contributed by atoms with Crippen LogP contribution in [0, 0.1) is 6.92 Å². The minimum atomic E-state index is 0.638. The Bertz CT molecular complexity index is 305.